The highest BCUT2D eigenvalue weighted by atomic mass is 16.2. The lowest BCUT2D eigenvalue weighted by molar-refractivity contribution is -0.147. The van der Waals surface area contributed by atoms with Crippen molar-refractivity contribution in [1.29, 1.82) is 0 Å². The molecule has 3 aliphatic rings. The predicted molar refractivity (Wildman–Crippen MR) is 140 cm³/mol. The molecule has 0 unspecified atom stereocenters. The lowest BCUT2D eigenvalue weighted by Gasteiger charge is -2.41. The first-order valence-corrected chi connectivity index (χ1v) is 14.0. The third kappa shape index (κ3) is 7.23. The summed E-state index contributed by atoms with van der Waals surface area (Å²) in [6, 6.07) is -1.19. The van der Waals surface area contributed by atoms with Crippen LogP contribution < -0.4 is 10.6 Å². The minimum Gasteiger partial charge on any atom is -0.344 e. The molecule has 0 aromatic heterocycles. The number of nitrogens with one attached hydrogen (secondary N) is 2. The zero-order valence-corrected chi connectivity index (χ0v) is 23.0. The van der Waals surface area contributed by atoms with E-state index in [4.69, 9.17) is 0 Å². The number of rotatable bonds is 8. The Balaban J connectivity index is 1.71. The molecule has 0 aromatic rings. The van der Waals surface area contributed by atoms with Crippen LogP contribution in [0.15, 0.2) is 0 Å². The summed E-state index contributed by atoms with van der Waals surface area (Å²) in [4.78, 5) is 69.9. The summed E-state index contributed by atoms with van der Waals surface area (Å²) in [7, 11) is 1.68. The molecule has 1 saturated heterocycles. The number of hydrogen-bond acceptors (Lipinski definition) is 5. The Labute approximate surface area is 220 Å². The van der Waals surface area contributed by atoms with Crippen molar-refractivity contribution >= 4 is 29.5 Å². The van der Waals surface area contributed by atoms with Crippen LogP contribution >= 0.6 is 0 Å². The van der Waals surface area contributed by atoms with Crippen LogP contribution in [-0.4, -0.2) is 95.1 Å². The smallest absolute Gasteiger partial charge is 0.318 e. The molecule has 0 spiro atoms. The summed E-state index contributed by atoms with van der Waals surface area (Å²) in [5.74, 6) is -1.46. The summed E-state index contributed by atoms with van der Waals surface area (Å²) >= 11 is 0. The number of likely N-dealkylation sites (N-methyl/N-ethyl adjacent to an activating group) is 1. The Bertz CT molecular complexity index is 855. The van der Waals surface area contributed by atoms with Gasteiger partial charge in [0, 0.05) is 46.2 Å². The molecule has 1 heterocycles. The van der Waals surface area contributed by atoms with E-state index in [0.29, 0.717) is 45.4 Å². The summed E-state index contributed by atoms with van der Waals surface area (Å²) in [5.41, 5.74) is -1.12. The fourth-order valence-electron chi connectivity index (χ4n) is 5.85. The average Bonchev–Trinajstić information content (AvgIpc) is 3.42. The van der Waals surface area contributed by atoms with Gasteiger partial charge in [-0.15, -0.1) is 0 Å². The Kier molecular flexibility index (Phi) is 9.95. The fraction of sp³-hybridized carbons (Fsp3) is 0.815. The molecule has 1 atom stereocenters. The maximum Gasteiger partial charge on any atom is 0.318 e. The highest BCUT2D eigenvalue weighted by Crippen LogP contribution is 2.30. The molecule has 1 aliphatic heterocycles. The molecule has 3 rings (SSSR count). The van der Waals surface area contributed by atoms with Crippen molar-refractivity contribution in [1.82, 2.24) is 25.3 Å². The van der Waals surface area contributed by atoms with Crippen LogP contribution in [0.25, 0.3) is 0 Å². The van der Waals surface area contributed by atoms with Crippen molar-refractivity contribution < 1.29 is 24.0 Å². The molecule has 10 heteroatoms. The maximum atomic E-state index is 13.8. The molecule has 0 bridgehead atoms. The first-order valence-electron chi connectivity index (χ1n) is 14.0. The van der Waals surface area contributed by atoms with Gasteiger partial charge >= 0.3 is 6.03 Å². The minimum absolute atomic E-state index is 0.0165. The number of piperazine rings is 1. The molecule has 2 aliphatic carbocycles. The Morgan fingerprint density at radius 2 is 1.46 bits per heavy atom. The quantitative estimate of drug-likeness (QED) is 0.476. The molecular formula is C27H45N5O5. The standard InChI is InChI=1S/C27H45N5O5/c1-19(2)18-22(23(34)24(35)30(4)21-10-6-7-11-21)28-25(36)27(12-8-5-9-13-27)29-26(37)32-16-14-31(15-17-32)20(3)33/h19,21-22H,5-18H2,1-4H3,(H,28,36)(H,29,37)/t22-/m0/s1. The molecule has 208 valence electrons. The SMILES string of the molecule is CC(=O)N1CCN(C(=O)NC2(C(=O)N[C@@H](CC(C)C)C(=O)C(=O)N(C)C3CCCC3)CCCCC2)CC1. The molecule has 37 heavy (non-hydrogen) atoms. The Hall–Kier alpha value is -2.65. The fourth-order valence-corrected chi connectivity index (χ4v) is 5.85. The molecule has 5 amide bonds. The summed E-state index contributed by atoms with van der Waals surface area (Å²) in [6.45, 7) is 7.15. The van der Waals surface area contributed by atoms with E-state index in [9.17, 15) is 24.0 Å². The van der Waals surface area contributed by atoms with Crippen molar-refractivity contribution in [3.63, 3.8) is 0 Å². The number of urea groups is 1. The van der Waals surface area contributed by atoms with E-state index in [1.807, 2.05) is 13.8 Å². The third-order valence-corrected chi connectivity index (χ3v) is 8.23. The number of nitrogens with zero attached hydrogens (tertiary/aromatic N) is 3. The van der Waals surface area contributed by atoms with E-state index < -0.39 is 29.2 Å². The second-order valence-electron chi connectivity index (χ2n) is 11.4. The number of carbonyl (C=O) groups excluding carboxylic acids is 5. The molecule has 10 nitrogen and oxygen atoms in total. The molecule has 0 radical (unpaired) electrons. The normalized spacial score (nSPS) is 20.9. The highest BCUT2D eigenvalue weighted by molar-refractivity contribution is 6.38. The van der Waals surface area contributed by atoms with Gasteiger partial charge < -0.3 is 25.3 Å². The van der Waals surface area contributed by atoms with Gasteiger partial charge in [-0.05, 0) is 38.0 Å². The van der Waals surface area contributed by atoms with E-state index in [0.717, 1.165) is 44.9 Å². The first kappa shape index (κ1) is 28.9. The first-order chi connectivity index (χ1) is 17.5. The van der Waals surface area contributed by atoms with Gasteiger partial charge in [-0.1, -0.05) is 46.0 Å². The van der Waals surface area contributed by atoms with Gasteiger partial charge in [-0.3, -0.25) is 19.2 Å². The van der Waals surface area contributed by atoms with Crippen molar-refractivity contribution in [2.45, 2.75) is 103 Å². The van der Waals surface area contributed by atoms with Gasteiger partial charge in [-0.25, -0.2) is 4.79 Å². The topological polar surface area (TPSA) is 119 Å². The Morgan fingerprint density at radius 3 is 2.00 bits per heavy atom. The van der Waals surface area contributed by atoms with E-state index in [1.165, 1.54) is 6.92 Å². The van der Waals surface area contributed by atoms with Gasteiger partial charge in [0.15, 0.2) is 0 Å². The van der Waals surface area contributed by atoms with Gasteiger partial charge in [0.1, 0.15) is 5.54 Å². The average molecular weight is 520 g/mol. The van der Waals surface area contributed by atoms with Crippen molar-refractivity contribution in [3.05, 3.63) is 0 Å². The van der Waals surface area contributed by atoms with Crippen molar-refractivity contribution in [2.75, 3.05) is 33.2 Å². The lowest BCUT2D eigenvalue weighted by atomic mass is 9.80. The predicted octanol–water partition coefficient (Wildman–Crippen LogP) is 2.06. The van der Waals surface area contributed by atoms with Crippen LogP contribution in [0, 0.1) is 5.92 Å². The van der Waals surface area contributed by atoms with Crippen LogP contribution in [0.1, 0.15) is 85.0 Å². The summed E-state index contributed by atoms with van der Waals surface area (Å²) in [5, 5.41) is 5.90. The van der Waals surface area contributed by atoms with E-state index in [-0.39, 0.29) is 23.9 Å². The zero-order chi connectivity index (χ0) is 27.2. The summed E-state index contributed by atoms with van der Waals surface area (Å²) < 4.78 is 0. The number of Topliss-reactive ketones (excluding diaryl/α,β-unsaturated/α-hetero) is 1. The maximum absolute atomic E-state index is 13.8. The minimum atomic E-state index is -1.12. The van der Waals surface area contributed by atoms with Crippen LogP contribution in [0.2, 0.25) is 0 Å². The molecule has 0 aromatic carbocycles. The molecule has 2 saturated carbocycles. The second kappa shape index (κ2) is 12.7. The Morgan fingerprint density at radius 1 is 0.892 bits per heavy atom. The van der Waals surface area contributed by atoms with Gasteiger partial charge in [0.2, 0.25) is 17.6 Å². The monoisotopic (exact) mass is 519 g/mol. The largest absolute Gasteiger partial charge is 0.344 e. The molecule has 3 fully saturated rings. The highest BCUT2D eigenvalue weighted by Gasteiger charge is 2.44. The molecule has 2 N–H and O–H groups in total. The van der Waals surface area contributed by atoms with E-state index >= 15 is 0 Å². The summed E-state index contributed by atoms with van der Waals surface area (Å²) in [6.07, 6.45) is 7.76. The second-order valence-corrected chi connectivity index (χ2v) is 11.4. The van der Waals surface area contributed by atoms with Crippen molar-refractivity contribution in [3.8, 4) is 0 Å². The van der Waals surface area contributed by atoms with Crippen LogP contribution in [0.4, 0.5) is 4.79 Å². The van der Waals surface area contributed by atoms with Crippen LogP contribution in [0.3, 0.4) is 0 Å². The number of hydrogen-bond donors (Lipinski definition) is 2. The number of ketones is 1. The molecular weight excluding hydrogens is 474 g/mol. The zero-order valence-electron chi connectivity index (χ0n) is 23.0. The van der Waals surface area contributed by atoms with Gasteiger partial charge in [0.05, 0.1) is 6.04 Å². The van der Waals surface area contributed by atoms with Crippen LogP contribution in [0.5, 0.6) is 0 Å². The number of carbonyl (C=O) groups is 5. The van der Waals surface area contributed by atoms with Crippen LogP contribution in [-0.2, 0) is 19.2 Å². The van der Waals surface area contributed by atoms with Crippen molar-refractivity contribution in [2.24, 2.45) is 5.92 Å². The van der Waals surface area contributed by atoms with Gasteiger partial charge in [0.25, 0.3) is 5.91 Å². The van der Waals surface area contributed by atoms with Gasteiger partial charge in [-0.2, -0.15) is 0 Å². The van der Waals surface area contributed by atoms with E-state index in [2.05, 4.69) is 10.6 Å². The lowest BCUT2D eigenvalue weighted by Crippen LogP contribution is -2.65. The van der Waals surface area contributed by atoms with E-state index in [1.54, 1.807) is 21.7 Å². The third-order valence-electron chi connectivity index (χ3n) is 8.23. The number of amides is 5.